The van der Waals surface area contributed by atoms with Gasteiger partial charge >= 0.3 is 6.03 Å². The summed E-state index contributed by atoms with van der Waals surface area (Å²) in [6.45, 7) is 6.57. The van der Waals surface area contributed by atoms with Gasteiger partial charge in [0.15, 0.2) is 6.29 Å². The molecule has 0 unspecified atom stereocenters. The molecule has 50 heavy (non-hydrogen) atoms. The van der Waals surface area contributed by atoms with Crippen molar-refractivity contribution < 1.29 is 19.4 Å². The Morgan fingerprint density at radius 3 is 2.22 bits per heavy atom. The highest BCUT2D eigenvalue weighted by molar-refractivity contribution is 5.75. The average Bonchev–Trinajstić information content (AvgIpc) is 3.86. The van der Waals surface area contributed by atoms with Crippen molar-refractivity contribution >= 4 is 6.03 Å². The van der Waals surface area contributed by atoms with Crippen LogP contribution in [0.15, 0.2) is 103 Å². The summed E-state index contributed by atoms with van der Waals surface area (Å²) in [6.07, 6.45) is 5.37. The van der Waals surface area contributed by atoms with Gasteiger partial charge in [0.05, 0.1) is 18.8 Å². The molecule has 8 nitrogen and oxygen atoms in total. The third-order valence-electron chi connectivity index (χ3n) is 10.5. The maximum Gasteiger partial charge on any atom is 0.315 e. The molecule has 0 spiro atoms. The molecule has 2 amide bonds. The number of likely N-dealkylation sites (tertiary alicyclic amines) is 2. The Bertz CT molecular complexity index is 1660. The molecule has 4 atom stereocenters. The van der Waals surface area contributed by atoms with E-state index in [-0.39, 0.29) is 24.8 Å². The molecule has 7 rings (SSSR count). The molecule has 3 aliphatic heterocycles. The Hall–Kier alpha value is -4.05. The molecule has 3 fully saturated rings. The van der Waals surface area contributed by atoms with Gasteiger partial charge in [-0.1, -0.05) is 103 Å². The van der Waals surface area contributed by atoms with Gasteiger partial charge in [0.1, 0.15) is 0 Å². The number of carbonyl (C=O) groups is 1. The van der Waals surface area contributed by atoms with Crippen molar-refractivity contribution in [3.63, 3.8) is 0 Å². The summed E-state index contributed by atoms with van der Waals surface area (Å²) in [5.74, 6) is 0. The van der Waals surface area contributed by atoms with Gasteiger partial charge in [-0.25, -0.2) is 4.79 Å². The average molecular weight is 675 g/mol. The van der Waals surface area contributed by atoms with E-state index >= 15 is 0 Å². The number of nitrogens with zero attached hydrogens (tertiary/aromatic N) is 2. The van der Waals surface area contributed by atoms with Crippen LogP contribution < -0.4 is 10.6 Å². The number of carbonyl (C=O) groups excluding carboxylic acids is 1. The van der Waals surface area contributed by atoms with Crippen LogP contribution in [0.4, 0.5) is 4.79 Å². The van der Waals surface area contributed by atoms with Gasteiger partial charge in [0, 0.05) is 44.2 Å². The Labute approximate surface area is 296 Å². The molecule has 4 aromatic carbocycles. The van der Waals surface area contributed by atoms with Crippen LogP contribution in [0.3, 0.4) is 0 Å². The molecule has 0 aliphatic carbocycles. The molecule has 0 saturated carbocycles. The Kier molecular flexibility index (Phi) is 11.5. The molecule has 3 heterocycles. The predicted octanol–water partition coefficient (Wildman–Crippen LogP) is 6.95. The van der Waals surface area contributed by atoms with E-state index in [1.54, 1.807) is 0 Å². The van der Waals surface area contributed by atoms with E-state index in [0.29, 0.717) is 19.1 Å². The van der Waals surface area contributed by atoms with Crippen LogP contribution in [-0.2, 0) is 29.2 Å². The van der Waals surface area contributed by atoms with Gasteiger partial charge in [-0.05, 0) is 78.7 Å². The summed E-state index contributed by atoms with van der Waals surface area (Å²) in [4.78, 5) is 17.9. The van der Waals surface area contributed by atoms with Gasteiger partial charge in [-0.15, -0.1) is 0 Å². The van der Waals surface area contributed by atoms with E-state index in [1.807, 2.05) is 54.6 Å². The lowest BCUT2D eigenvalue weighted by molar-refractivity contribution is -0.253. The molecule has 3 saturated heterocycles. The Morgan fingerprint density at radius 2 is 1.44 bits per heavy atom. The van der Waals surface area contributed by atoms with Crippen LogP contribution in [-0.4, -0.2) is 65.8 Å². The third kappa shape index (κ3) is 8.81. The second kappa shape index (κ2) is 16.8. The molecule has 3 aliphatic rings. The van der Waals surface area contributed by atoms with Crippen LogP contribution in [0, 0.1) is 0 Å². The van der Waals surface area contributed by atoms with Crippen molar-refractivity contribution in [3.8, 4) is 11.1 Å². The van der Waals surface area contributed by atoms with E-state index in [2.05, 4.69) is 69.0 Å². The number of hydrogen-bond donors (Lipinski definition) is 3. The summed E-state index contributed by atoms with van der Waals surface area (Å²) in [5.41, 5.74) is 7.24. The van der Waals surface area contributed by atoms with Crippen molar-refractivity contribution in [2.75, 3.05) is 32.7 Å². The first-order chi connectivity index (χ1) is 24.6. The maximum absolute atomic E-state index is 12.6. The van der Waals surface area contributed by atoms with E-state index in [9.17, 15) is 9.90 Å². The number of aliphatic hydroxyl groups is 1. The molecular formula is C42H50N4O4. The number of amides is 2. The summed E-state index contributed by atoms with van der Waals surface area (Å²) in [6, 6.07) is 35.1. The SMILES string of the molecule is O=C(NCc1ccccc1)NCc1ccccc1-c1ccc([C@H]2O[C@@H](CN3CCC[C@H]3CN3CCCC3)C[C@@H](c3ccc(CO)cc3)O2)cc1. The Balaban J connectivity index is 1.03. The van der Waals surface area contributed by atoms with Gasteiger partial charge in [-0.3, -0.25) is 4.90 Å². The molecule has 0 radical (unpaired) electrons. The second-order valence-corrected chi connectivity index (χ2v) is 13.9. The Morgan fingerprint density at radius 1 is 0.720 bits per heavy atom. The monoisotopic (exact) mass is 674 g/mol. The number of ether oxygens (including phenoxy) is 2. The standard InChI is InChI=1S/C42H50N4O4/c47-30-32-14-16-34(17-15-32)40-25-38(29-46-24-8-12-37(46)28-45-22-6-7-23-45)49-41(50-40)35-20-18-33(19-21-35)39-13-5-4-11-36(39)27-44-42(48)43-26-31-9-2-1-3-10-31/h1-5,9-11,13-21,37-38,40-41,47H,6-8,12,22-30H2,(H2,43,44,48)/t37-,38+,40-,41-/m0/s1. The molecule has 262 valence electrons. The first-order valence-corrected chi connectivity index (χ1v) is 18.3. The van der Waals surface area contributed by atoms with Crippen molar-refractivity contribution in [2.24, 2.45) is 0 Å². The number of hydrogen-bond acceptors (Lipinski definition) is 6. The number of nitrogens with one attached hydrogen (secondary N) is 2. The summed E-state index contributed by atoms with van der Waals surface area (Å²) >= 11 is 0. The van der Waals surface area contributed by atoms with Gasteiger partial charge in [0.25, 0.3) is 0 Å². The van der Waals surface area contributed by atoms with Gasteiger partial charge in [0.2, 0.25) is 0 Å². The zero-order chi connectivity index (χ0) is 34.1. The fourth-order valence-corrected chi connectivity index (χ4v) is 7.69. The molecule has 0 aromatic heterocycles. The zero-order valence-corrected chi connectivity index (χ0v) is 28.9. The van der Waals surface area contributed by atoms with Crippen LogP contribution in [0.5, 0.6) is 0 Å². The number of aliphatic hydroxyl groups excluding tert-OH is 1. The highest BCUT2D eigenvalue weighted by atomic mass is 16.7. The van der Waals surface area contributed by atoms with E-state index < -0.39 is 6.29 Å². The van der Waals surface area contributed by atoms with Crippen LogP contribution in [0.1, 0.15) is 72.3 Å². The lowest BCUT2D eigenvalue weighted by Crippen LogP contribution is -2.45. The van der Waals surface area contributed by atoms with Gasteiger partial charge in [-0.2, -0.15) is 0 Å². The maximum atomic E-state index is 12.6. The predicted molar refractivity (Wildman–Crippen MR) is 196 cm³/mol. The molecular weight excluding hydrogens is 624 g/mol. The van der Waals surface area contributed by atoms with Crippen molar-refractivity contribution in [1.29, 1.82) is 0 Å². The highest BCUT2D eigenvalue weighted by Crippen LogP contribution is 2.39. The first kappa shape index (κ1) is 34.4. The lowest BCUT2D eigenvalue weighted by atomic mass is 9.97. The highest BCUT2D eigenvalue weighted by Gasteiger charge is 2.36. The minimum Gasteiger partial charge on any atom is -0.392 e. The summed E-state index contributed by atoms with van der Waals surface area (Å²) in [7, 11) is 0. The molecule has 3 N–H and O–H groups in total. The van der Waals surface area contributed by atoms with Crippen LogP contribution >= 0.6 is 0 Å². The number of urea groups is 1. The van der Waals surface area contributed by atoms with Crippen molar-refractivity contribution in [1.82, 2.24) is 20.4 Å². The summed E-state index contributed by atoms with van der Waals surface area (Å²) < 4.78 is 13.5. The quantitative estimate of drug-likeness (QED) is 0.151. The van der Waals surface area contributed by atoms with E-state index in [1.165, 1.54) is 38.8 Å². The van der Waals surface area contributed by atoms with E-state index in [4.69, 9.17) is 9.47 Å². The molecule has 8 heteroatoms. The topological polar surface area (TPSA) is 86.3 Å². The third-order valence-corrected chi connectivity index (χ3v) is 10.5. The first-order valence-electron chi connectivity index (χ1n) is 18.3. The number of rotatable bonds is 12. The smallest absolute Gasteiger partial charge is 0.315 e. The minimum atomic E-state index is -0.491. The van der Waals surface area contributed by atoms with Crippen molar-refractivity contribution in [3.05, 3.63) is 131 Å². The number of benzene rings is 4. The summed E-state index contributed by atoms with van der Waals surface area (Å²) in [5, 5.41) is 15.6. The van der Waals surface area contributed by atoms with E-state index in [0.717, 1.165) is 65.0 Å². The van der Waals surface area contributed by atoms with Crippen LogP contribution in [0.2, 0.25) is 0 Å². The zero-order valence-electron chi connectivity index (χ0n) is 28.9. The largest absolute Gasteiger partial charge is 0.392 e. The second-order valence-electron chi connectivity index (χ2n) is 13.9. The normalized spacial score (nSPS) is 22.8. The fourth-order valence-electron chi connectivity index (χ4n) is 7.69. The fraction of sp³-hybridized carbons (Fsp3) is 0.405. The van der Waals surface area contributed by atoms with Gasteiger partial charge < -0.3 is 30.1 Å². The lowest BCUT2D eigenvalue weighted by Gasteiger charge is -2.39. The minimum absolute atomic E-state index is 0.0283. The van der Waals surface area contributed by atoms with Crippen LogP contribution in [0.25, 0.3) is 11.1 Å². The van der Waals surface area contributed by atoms with Crippen molar-refractivity contribution in [2.45, 2.75) is 76.3 Å². The molecule has 0 bridgehead atoms. The molecule has 4 aromatic rings.